The molecule has 1 aliphatic heterocycles. The Labute approximate surface area is 129 Å². The van der Waals surface area contributed by atoms with Crippen molar-refractivity contribution in [2.75, 3.05) is 0 Å². The van der Waals surface area contributed by atoms with Gasteiger partial charge in [-0.3, -0.25) is 14.4 Å². The minimum absolute atomic E-state index is 0.0799. The van der Waals surface area contributed by atoms with Gasteiger partial charge in [0.05, 0.1) is 11.2 Å². The first-order valence-electron chi connectivity index (χ1n) is 6.90. The number of nitrogens with one attached hydrogen (secondary N) is 1. The second kappa shape index (κ2) is 4.72. The van der Waals surface area contributed by atoms with Gasteiger partial charge in [-0.15, -0.1) is 0 Å². The van der Waals surface area contributed by atoms with E-state index in [1.807, 2.05) is 0 Å². The van der Waals surface area contributed by atoms with E-state index in [0.29, 0.717) is 10.9 Å². The van der Waals surface area contributed by atoms with Crippen LogP contribution in [0.25, 0.3) is 10.9 Å². The average molecular weight is 310 g/mol. The zero-order valence-corrected chi connectivity index (χ0v) is 11.6. The van der Waals surface area contributed by atoms with Crippen LogP contribution in [0.4, 0.5) is 0 Å². The number of pyridine rings is 1. The second-order valence-corrected chi connectivity index (χ2v) is 5.31. The molecule has 0 radical (unpaired) electrons. The summed E-state index contributed by atoms with van der Waals surface area (Å²) in [5.41, 5.74) is 0.328. The average Bonchev–Trinajstić information content (AvgIpc) is 3.33. The number of benzene rings is 1. The fraction of sp³-hybridized carbons (Fsp3) is 0.125. The molecule has 1 fully saturated rings. The number of ether oxygens (including phenoxy) is 1. The fourth-order valence-electron chi connectivity index (χ4n) is 2.54. The van der Waals surface area contributed by atoms with Crippen LogP contribution in [-0.4, -0.2) is 39.8 Å². The lowest BCUT2D eigenvalue weighted by Crippen LogP contribution is -2.34. The summed E-state index contributed by atoms with van der Waals surface area (Å²) in [5.74, 6) is -1.97. The molecule has 7 nitrogen and oxygen atoms in total. The Morgan fingerprint density at radius 3 is 2.83 bits per heavy atom. The summed E-state index contributed by atoms with van der Waals surface area (Å²) in [6.45, 7) is 0. The zero-order valence-electron chi connectivity index (χ0n) is 11.6. The van der Waals surface area contributed by atoms with Gasteiger partial charge in [-0.25, -0.2) is 4.98 Å². The Morgan fingerprint density at radius 1 is 1.22 bits per heavy atom. The van der Waals surface area contributed by atoms with Crippen LogP contribution in [-0.2, 0) is 14.3 Å². The summed E-state index contributed by atoms with van der Waals surface area (Å²) >= 11 is 0. The number of para-hydroxylation sites is 1. The van der Waals surface area contributed by atoms with Gasteiger partial charge >= 0.3 is 0 Å². The van der Waals surface area contributed by atoms with Crippen molar-refractivity contribution in [2.24, 2.45) is 0 Å². The van der Waals surface area contributed by atoms with Gasteiger partial charge in [0.2, 0.25) is 11.7 Å². The van der Waals surface area contributed by atoms with Crippen LogP contribution in [0.3, 0.4) is 0 Å². The number of nitrogens with zero attached hydrogens (tertiary/aromatic N) is 1. The number of hydrogen-bond donors (Lipinski definition) is 2. The quantitative estimate of drug-likeness (QED) is 0.781. The number of amides is 1. The zero-order chi connectivity index (χ0) is 16.1. The van der Waals surface area contributed by atoms with Gasteiger partial charge in [-0.05, 0) is 12.1 Å². The lowest BCUT2D eigenvalue weighted by Gasteiger charge is -2.11. The SMILES string of the molecule is O=C(NC1=CC(=O)C2OC2C1=O)c1cc2ccccc2nc1O. The molecule has 2 heterocycles. The van der Waals surface area contributed by atoms with E-state index in [9.17, 15) is 19.5 Å². The van der Waals surface area contributed by atoms with Crippen molar-refractivity contribution >= 4 is 28.4 Å². The molecular formula is C16H10N2O5. The van der Waals surface area contributed by atoms with Crippen molar-refractivity contribution in [1.82, 2.24) is 10.3 Å². The minimum atomic E-state index is -0.800. The van der Waals surface area contributed by atoms with Crippen LogP contribution in [0.1, 0.15) is 10.4 Å². The number of carbonyl (C=O) groups excluding carboxylic acids is 3. The molecule has 114 valence electrons. The molecule has 2 aliphatic rings. The van der Waals surface area contributed by atoms with Crippen molar-refractivity contribution in [3.63, 3.8) is 0 Å². The molecule has 2 aromatic rings. The van der Waals surface area contributed by atoms with Gasteiger partial charge in [-0.1, -0.05) is 18.2 Å². The number of Topliss-reactive ketones (excluding diaryl/α,β-unsaturated/α-hetero) is 1. The summed E-state index contributed by atoms with van der Waals surface area (Å²) in [4.78, 5) is 39.8. The van der Waals surface area contributed by atoms with E-state index in [0.717, 1.165) is 6.08 Å². The normalized spacial score (nSPS) is 22.5. The second-order valence-electron chi connectivity index (χ2n) is 5.31. The molecule has 1 amide bonds. The lowest BCUT2D eigenvalue weighted by atomic mass is 10.0. The summed E-state index contributed by atoms with van der Waals surface area (Å²) < 4.78 is 4.94. The number of epoxide rings is 1. The number of ketones is 2. The van der Waals surface area contributed by atoms with Gasteiger partial charge in [0.1, 0.15) is 5.56 Å². The van der Waals surface area contributed by atoms with Crippen molar-refractivity contribution in [3.05, 3.63) is 47.7 Å². The Hall–Kier alpha value is -3.06. The minimum Gasteiger partial charge on any atom is -0.493 e. The summed E-state index contributed by atoms with van der Waals surface area (Å²) in [5, 5.41) is 12.9. The number of aromatic nitrogens is 1. The maximum atomic E-state index is 12.3. The van der Waals surface area contributed by atoms with Crippen LogP contribution < -0.4 is 5.32 Å². The fourth-order valence-corrected chi connectivity index (χ4v) is 2.54. The Balaban J connectivity index is 1.66. The van der Waals surface area contributed by atoms with E-state index in [1.165, 1.54) is 6.07 Å². The molecule has 1 aromatic carbocycles. The van der Waals surface area contributed by atoms with E-state index >= 15 is 0 Å². The highest BCUT2D eigenvalue weighted by atomic mass is 16.6. The van der Waals surface area contributed by atoms with Gasteiger partial charge in [0.15, 0.2) is 18.0 Å². The Bertz CT molecular complexity index is 918. The van der Waals surface area contributed by atoms with E-state index < -0.39 is 29.8 Å². The number of aromatic hydroxyl groups is 1. The molecule has 2 atom stereocenters. The highest BCUT2D eigenvalue weighted by Gasteiger charge is 2.53. The summed E-state index contributed by atoms with van der Waals surface area (Å²) in [7, 11) is 0. The van der Waals surface area contributed by atoms with E-state index in [2.05, 4.69) is 10.3 Å². The third-order valence-corrected chi connectivity index (χ3v) is 3.78. The first-order chi connectivity index (χ1) is 11.0. The lowest BCUT2D eigenvalue weighted by molar-refractivity contribution is -0.119. The van der Waals surface area contributed by atoms with Crippen LogP contribution >= 0.6 is 0 Å². The third kappa shape index (κ3) is 2.18. The molecule has 0 saturated carbocycles. The predicted octanol–water partition coefficient (Wildman–Crippen LogP) is 0.473. The topological polar surface area (TPSA) is 109 Å². The van der Waals surface area contributed by atoms with Crippen LogP contribution in [0, 0.1) is 0 Å². The molecule has 0 bridgehead atoms. The molecule has 1 saturated heterocycles. The van der Waals surface area contributed by atoms with E-state index in [4.69, 9.17) is 4.74 Å². The summed E-state index contributed by atoms with van der Waals surface area (Å²) in [6.07, 6.45) is -0.454. The number of carbonyl (C=O) groups is 3. The standard InChI is InChI=1S/C16H10N2O5/c19-11-6-10(12(20)14-13(11)23-14)18-16(22)8-5-7-3-1-2-4-9(7)17-15(8)21/h1-6,13-14H,(H,17,21)(H,18,22). The maximum Gasteiger partial charge on any atom is 0.261 e. The van der Waals surface area contributed by atoms with Crippen molar-refractivity contribution < 1.29 is 24.2 Å². The molecule has 0 spiro atoms. The molecule has 2 N–H and O–H groups in total. The van der Waals surface area contributed by atoms with Gasteiger partial charge in [-0.2, -0.15) is 0 Å². The predicted molar refractivity (Wildman–Crippen MR) is 77.6 cm³/mol. The highest BCUT2D eigenvalue weighted by Crippen LogP contribution is 2.30. The molecule has 23 heavy (non-hydrogen) atoms. The van der Waals surface area contributed by atoms with Gasteiger partial charge in [0.25, 0.3) is 5.91 Å². The molecule has 1 aromatic heterocycles. The third-order valence-electron chi connectivity index (χ3n) is 3.78. The van der Waals surface area contributed by atoms with Crippen LogP contribution in [0.2, 0.25) is 0 Å². The van der Waals surface area contributed by atoms with Gasteiger partial charge < -0.3 is 15.2 Å². The van der Waals surface area contributed by atoms with E-state index in [-0.39, 0.29) is 17.0 Å². The Kier molecular flexibility index (Phi) is 2.79. The molecular weight excluding hydrogens is 300 g/mol. The largest absolute Gasteiger partial charge is 0.493 e. The molecule has 4 rings (SSSR count). The first-order valence-corrected chi connectivity index (χ1v) is 6.90. The van der Waals surface area contributed by atoms with Crippen molar-refractivity contribution in [2.45, 2.75) is 12.2 Å². The maximum absolute atomic E-state index is 12.3. The highest BCUT2D eigenvalue weighted by molar-refractivity contribution is 6.17. The van der Waals surface area contributed by atoms with Crippen molar-refractivity contribution in [1.29, 1.82) is 0 Å². The van der Waals surface area contributed by atoms with Crippen LogP contribution in [0.5, 0.6) is 5.88 Å². The molecule has 1 aliphatic carbocycles. The van der Waals surface area contributed by atoms with Crippen molar-refractivity contribution in [3.8, 4) is 5.88 Å². The number of rotatable bonds is 2. The Morgan fingerprint density at radius 2 is 2.00 bits per heavy atom. The number of fused-ring (bicyclic) bond motifs is 2. The van der Waals surface area contributed by atoms with Crippen LogP contribution in [0.15, 0.2) is 42.1 Å². The smallest absolute Gasteiger partial charge is 0.261 e. The summed E-state index contributed by atoms with van der Waals surface area (Å²) in [6, 6.07) is 8.46. The molecule has 2 unspecified atom stereocenters. The number of hydrogen-bond acceptors (Lipinski definition) is 6. The monoisotopic (exact) mass is 310 g/mol. The van der Waals surface area contributed by atoms with Gasteiger partial charge in [0, 0.05) is 11.5 Å². The van der Waals surface area contributed by atoms with E-state index in [1.54, 1.807) is 24.3 Å². The first kappa shape index (κ1) is 13.6. The molecule has 7 heteroatoms.